The first-order chi connectivity index (χ1) is 13.6. The van der Waals surface area contributed by atoms with Crippen LogP contribution in [0.5, 0.6) is 0 Å². The van der Waals surface area contributed by atoms with E-state index in [1.165, 1.54) is 0 Å². The first kappa shape index (κ1) is 23.1. The van der Waals surface area contributed by atoms with E-state index in [1.807, 2.05) is 0 Å². The molecule has 0 amide bonds. The highest BCUT2D eigenvalue weighted by Gasteiger charge is 2.81. The van der Waals surface area contributed by atoms with Gasteiger partial charge in [-0.25, -0.2) is 9.59 Å². The average Bonchev–Trinajstić information content (AvgIpc) is 2.67. The van der Waals surface area contributed by atoms with Crippen LogP contribution in [0.1, 0.15) is 31.8 Å². The summed E-state index contributed by atoms with van der Waals surface area (Å²) in [6.45, 7) is 0. The largest absolute Gasteiger partial charge is 0.478 e. The van der Waals surface area contributed by atoms with E-state index in [9.17, 15) is 44.7 Å². The molecule has 4 nitrogen and oxygen atoms in total. The molecule has 0 atom stereocenters. The van der Waals surface area contributed by atoms with Gasteiger partial charge in [0.15, 0.2) is 0 Å². The zero-order valence-electron chi connectivity index (χ0n) is 14.4. The van der Waals surface area contributed by atoms with Gasteiger partial charge in [-0.2, -0.15) is 35.1 Å². The molecule has 0 aliphatic rings. The maximum absolute atomic E-state index is 14.2. The number of alkyl halides is 8. The maximum Gasteiger partial charge on any atom is 0.382 e. The molecule has 0 unspecified atom stereocenters. The highest BCUT2D eigenvalue weighted by molar-refractivity contribution is 5.88. The summed E-state index contributed by atoms with van der Waals surface area (Å²) in [6, 6.07) is 2.09. The molecule has 2 rings (SSSR count). The van der Waals surface area contributed by atoms with Crippen molar-refractivity contribution in [2.45, 2.75) is 23.7 Å². The molecule has 2 aromatic rings. The quantitative estimate of drug-likeness (QED) is 0.576. The van der Waals surface area contributed by atoms with Crippen LogP contribution in [-0.2, 0) is 11.8 Å². The van der Waals surface area contributed by atoms with Gasteiger partial charge in [0.25, 0.3) is 0 Å². The second-order valence-electron chi connectivity index (χ2n) is 6.06. The molecule has 0 bridgehead atoms. The lowest BCUT2D eigenvalue weighted by molar-refractivity contribution is -0.374. The van der Waals surface area contributed by atoms with Crippen molar-refractivity contribution < 1.29 is 54.9 Å². The number of aromatic carboxylic acids is 2. The topological polar surface area (TPSA) is 74.6 Å². The predicted molar refractivity (Wildman–Crippen MR) is 84.5 cm³/mol. The molecule has 0 spiro atoms. The van der Waals surface area contributed by atoms with Crippen molar-refractivity contribution in [3.63, 3.8) is 0 Å². The fourth-order valence-electron chi connectivity index (χ4n) is 2.40. The van der Waals surface area contributed by atoms with Gasteiger partial charge in [-0.1, -0.05) is 24.3 Å². The van der Waals surface area contributed by atoms with Gasteiger partial charge >= 0.3 is 35.6 Å². The van der Waals surface area contributed by atoms with Gasteiger partial charge in [-0.05, 0) is 24.3 Å². The van der Waals surface area contributed by atoms with E-state index in [2.05, 4.69) is 0 Å². The van der Waals surface area contributed by atoms with E-state index in [0.717, 1.165) is 0 Å². The molecule has 2 aromatic carbocycles. The summed E-state index contributed by atoms with van der Waals surface area (Å²) in [4.78, 5) is 21.4. The van der Waals surface area contributed by atoms with Crippen LogP contribution in [0.2, 0.25) is 0 Å². The lowest BCUT2D eigenvalue weighted by Crippen LogP contribution is -2.59. The number of benzene rings is 2. The summed E-state index contributed by atoms with van der Waals surface area (Å²) in [6.07, 6.45) is 0. The number of carbonyl (C=O) groups is 2. The third-order valence-electron chi connectivity index (χ3n) is 4.17. The van der Waals surface area contributed by atoms with E-state index in [0.29, 0.717) is 24.3 Å². The molecule has 12 heteroatoms. The molecule has 162 valence electrons. The maximum atomic E-state index is 14.2. The van der Waals surface area contributed by atoms with Crippen molar-refractivity contribution in [2.24, 2.45) is 0 Å². The fraction of sp³-hybridized carbons (Fsp3) is 0.222. The molecule has 0 saturated carbocycles. The predicted octanol–water partition coefficient (Wildman–Crippen LogP) is 5.24. The van der Waals surface area contributed by atoms with Crippen LogP contribution in [0.3, 0.4) is 0 Å². The highest BCUT2D eigenvalue weighted by Crippen LogP contribution is 2.59. The SMILES string of the molecule is O=C(O)c1ccc(C(F)(F)C(F)(F)C(F)(F)C(F)(F)c2ccc(C(=O)O)cc2)cc1. The molecule has 0 aliphatic heterocycles. The van der Waals surface area contributed by atoms with Gasteiger partial charge in [-0.15, -0.1) is 0 Å². The van der Waals surface area contributed by atoms with Crippen molar-refractivity contribution in [1.29, 1.82) is 0 Å². The summed E-state index contributed by atoms with van der Waals surface area (Å²) in [7, 11) is 0. The number of carboxylic acid groups (broad SMARTS) is 2. The molecule has 0 saturated heterocycles. The zero-order chi connectivity index (χ0) is 23.1. The molecule has 0 fully saturated rings. The Labute approximate surface area is 162 Å². The smallest absolute Gasteiger partial charge is 0.382 e. The van der Waals surface area contributed by atoms with Crippen molar-refractivity contribution in [2.75, 3.05) is 0 Å². The third kappa shape index (κ3) is 3.46. The van der Waals surface area contributed by atoms with Crippen LogP contribution < -0.4 is 0 Å². The molecule has 0 aliphatic carbocycles. The van der Waals surface area contributed by atoms with Gasteiger partial charge in [-0.3, -0.25) is 0 Å². The van der Waals surface area contributed by atoms with Gasteiger partial charge in [0.1, 0.15) is 0 Å². The van der Waals surface area contributed by atoms with Crippen molar-refractivity contribution in [1.82, 2.24) is 0 Å². The highest BCUT2D eigenvalue weighted by atomic mass is 19.4. The molecular weight excluding hydrogens is 432 g/mol. The summed E-state index contributed by atoms with van der Waals surface area (Å²) >= 11 is 0. The second kappa shape index (κ2) is 7.26. The lowest BCUT2D eigenvalue weighted by atomic mass is 9.90. The molecular formula is C18H10F8O4. The third-order valence-corrected chi connectivity index (χ3v) is 4.17. The van der Waals surface area contributed by atoms with Crippen LogP contribution in [0.15, 0.2) is 48.5 Å². The second-order valence-corrected chi connectivity index (χ2v) is 6.06. The standard InChI is InChI=1S/C18H10F8O4/c19-15(20,11-5-1-9(2-6-11)13(27)28)17(23,24)18(25,26)16(21,22)12-7-3-10(4-8-12)14(29)30/h1-8H,(H,27,28)(H,29,30). The van der Waals surface area contributed by atoms with E-state index >= 15 is 0 Å². The Morgan fingerprint density at radius 3 is 0.967 bits per heavy atom. The Balaban J connectivity index is 2.50. The van der Waals surface area contributed by atoms with Gasteiger partial charge in [0, 0.05) is 11.1 Å². The number of halogens is 8. The van der Waals surface area contributed by atoms with Gasteiger partial charge in [0.05, 0.1) is 11.1 Å². The van der Waals surface area contributed by atoms with Crippen LogP contribution in [0, 0.1) is 0 Å². The van der Waals surface area contributed by atoms with Crippen molar-refractivity contribution in [3.8, 4) is 0 Å². The van der Waals surface area contributed by atoms with E-state index in [1.54, 1.807) is 0 Å². The number of hydrogen-bond acceptors (Lipinski definition) is 2. The Kier molecular flexibility index (Phi) is 5.59. The Morgan fingerprint density at radius 2 is 0.767 bits per heavy atom. The summed E-state index contributed by atoms with van der Waals surface area (Å²) in [5.74, 6) is -28.1. The zero-order valence-corrected chi connectivity index (χ0v) is 14.4. The fourth-order valence-corrected chi connectivity index (χ4v) is 2.40. The van der Waals surface area contributed by atoms with Gasteiger partial charge < -0.3 is 10.2 Å². The van der Waals surface area contributed by atoms with E-state index in [4.69, 9.17) is 10.2 Å². The lowest BCUT2D eigenvalue weighted by Gasteiger charge is -2.37. The Morgan fingerprint density at radius 1 is 0.533 bits per heavy atom. The van der Waals surface area contributed by atoms with E-state index < -0.39 is 57.9 Å². The summed E-state index contributed by atoms with van der Waals surface area (Å²) < 4.78 is 113. The molecule has 0 aromatic heterocycles. The molecule has 2 N–H and O–H groups in total. The van der Waals surface area contributed by atoms with E-state index in [-0.39, 0.29) is 24.3 Å². The number of rotatable bonds is 7. The van der Waals surface area contributed by atoms with Crippen molar-refractivity contribution in [3.05, 3.63) is 70.8 Å². The normalized spacial score (nSPS) is 13.2. The monoisotopic (exact) mass is 442 g/mol. The first-order valence-electron chi connectivity index (χ1n) is 7.76. The first-order valence-corrected chi connectivity index (χ1v) is 7.76. The van der Waals surface area contributed by atoms with Crippen LogP contribution in [-0.4, -0.2) is 34.0 Å². The molecule has 0 radical (unpaired) electrons. The molecule has 0 heterocycles. The average molecular weight is 442 g/mol. The van der Waals surface area contributed by atoms with Crippen LogP contribution in [0.4, 0.5) is 35.1 Å². The minimum absolute atomic E-state index is 0.104. The van der Waals surface area contributed by atoms with Crippen LogP contribution >= 0.6 is 0 Å². The summed E-state index contributed by atoms with van der Waals surface area (Å²) in [5.41, 5.74) is -4.88. The van der Waals surface area contributed by atoms with Crippen molar-refractivity contribution >= 4 is 11.9 Å². The minimum atomic E-state index is -6.63. The minimum Gasteiger partial charge on any atom is -0.478 e. The Bertz CT molecular complexity index is 874. The molecule has 30 heavy (non-hydrogen) atoms. The number of carboxylic acids is 2. The summed E-state index contributed by atoms with van der Waals surface area (Å²) in [5, 5.41) is 17.3. The van der Waals surface area contributed by atoms with Crippen LogP contribution in [0.25, 0.3) is 0 Å². The van der Waals surface area contributed by atoms with Gasteiger partial charge in [0.2, 0.25) is 0 Å². The Hall–Kier alpha value is -3.18. The number of hydrogen-bond donors (Lipinski definition) is 2.